The molecule has 1 N–H and O–H groups in total. The lowest BCUT2D eigenvalue weighted by molar-refractivity contribution is 0.0709. The minimum atomic E-state index is 0.289. The van der Waals surface area contributed by atoms with Crippen molar-refractivity contribution in [1.29, 1.82) is 0 Å². The molecule has 1 aromatic heterocycles. The number of hydrogen-bond acceptors (Lipinski definition) is 3. The summed E-state index contributed by atoms with van der Waals surface area (Å²) in [6.45, 7) is 10.8. The molecule has 0 amide bonds. The maximum Gasteiger partial charge on any atom is 0.0666 e. The Morgan fingerprint density at radius 2 is 2.12 bits per heavy atom. The first kappa shape index (κ1) is 13.2. The number of ether oxygens (including phenoxy) is 1. The lowest BCUT2D eigenvalue weighted by atomic mass is 10.3. The van der Waals surface area contributed by atoms with Crippen LogP contribution in [0.4, 0.5) is 0 Å². The normalized spacial score (nSPS) is 11.6. The average molecular weight is 225 g/mol. The number of rotatable bonds is 7. The lowest BCUT2D eigenvalue weighted by Crippen LogP contribution is -2.21. The van der Waals surface area contributed by atoms with Gasteiger partial charge in [0.15, 0.2) is 0 Å². The van der Waals surface area contributed by atoms with Gasteiger partial charge in [-0.15, -0.1) is 0 Å². The van der Waals surface area contributed by atoms with E-state index in [1.165, 1.54) is 5.56 Å². The lowest BCUT2D eigenvalue weighted by Gasteiger charge is -2.07. The SMILES string of the molecule is CC(C)NCc1cnn(CCOC(C)C)c1. The molecule has 0 spiro atoms. The predicted molar refractivity (Wildman–Crippen MR) is 65.3 cm³/mol. The number of nitrogens with zero attached hydrogens (tertiary/aromatic N) is 2. The predicted octanol–water partition coefficient (Wildman–Crippen LogP) is 1.81. The van der Waals surface area contributed by atoms with Gasteiger partial charge < -0.3 is 10.1 Å². The Bertz CT molecular complexity index is 294. The summed E-state index contributed by atoms with van der Waals surface area (Å²) in [5, 5.41) is 7.65. The topological polar surface area (TPSA) is 39.1 Å². The Morgan fingerprint density at radius 1 is 1.38 bits per heavy atom. The van der Waals surface area contributed by atoms with E-state index in [9.17, 15) is 0 Å². The fourth-order valence-electron chi connectivity index (χ4n) is 1.32. The summed E-state index contributed by atoms with van der Waals surface area (Å²) < 4.78 is 7.41. The first-order valence-electron chi connectivity index (χ1n) is 5.94. The molecule has 4 heteroatoms. The molecule has 16 heavy (non-hydrogen) atoms. The van der Waals surface area contributed by atoms with Crippen molar-refractivity contribution in [2.75, 3.05) is 6.61 Å². The van der Waals surface area contributed by atoms with Crippen molar-refractivity contribution in [2.45, 2.75) is 52.9 Å². The van der Waals surface area contributed by atoms with Crippen LogP contribution < -0.4 is 5.32 Å². The summed E-state index contributed by atoms with van der Waals surface area (Å²) in [5.74, 6) is 0. The number of hydrogen-bond donors (Lipinski definition) is 1. The van der Waals surface area contributed by atoms with E-state index in [0.717, 1.165) is 19.7 Å². The zero-order valence-corrected chi connectivity index (χ0v) is 10.7. The average Bonchev–Trinajstić information content (AvgIpc) is 2.62. The fourth-order valence-corrected chi connectivity index (χ4v) is 1.32. The third-order valence-corrected chi connectivity index (χ3v) is 2.17. The highest BCUT2D eigenvalue weighted by molar-refractivity contribution is 5.03. The van der Waals surface area contributed by atoms with Crippen molar-refractivity contribution < 1.29 is 4.74 Å². The summed E-state index contributed by atoms with van der Waals surface area (Å²) in [4.78, 5) is 0. The Balaban J connectivity index is 2.28. The van der Waals surface area contributed by atoms with Crippen LogP contribution in [0, 0.1) is 0 Å². The maximum atomic E-state index is 5.48. The van der Waals surface area contributed by atoms with Gasteiger partial charge >= 0.3 is 0 Å². The second-order valence-electron chi connectivity index (χ2n) is 4.57. The van der Waals surface area contributed by atoms with Crippen LogP contribution in [-0.4, -0.2) is 28.5 Å². The molecular weight excluding hydrogens is 202 g/mol. The standard InChI is InChI=1S/C12H23N3O/c1-10(2)13-7-12-8-14-15(9-12)5-6-16-11(3)4/h8-11,13H,5-7H2,1-4H3. The van der Waals surface area contributed by atoms with Gasteiger partial charge in [-0.05, 0) is 13.8 Å². The van der Waals surface area contributed by atoms with Crippen LogP contribution >= 0.6 is 0 Å². The molecule has 0 unspecified atom stereocenters. The van der Waals surface area contributed by atoms with E-state index in [4.69, 9.17) is 4.74 Å². The van der Waals surface area contributed by atoms with Crippen molar-refractivity contribution in [3.8, 4) is 0 Å². The molecule has 0 atom stereocenters. The molecule has 1 rings (SSSR count). The number of aromatic nitrogens is 2. The van der Waals surface area contributed by atoms with Crippen molar-refractivity contribution >= 4 is 0 Å². The largest absolute Gasteiger partial charge is 0.377 e. The maximum absolute atomic E-state index is 5.48. The Kier molecular flexibility index (Phi) is 5.49. The molecule has 0 aliphatic heterocycles. The van der Waals surface area contributed by atoms with Gasteiger partial charge in [-0.25, -0.2) is 0 Å². The summed E-state index contributed by atoms with van der Waals surface area (Å²) in [6.07, 6.45) is 4.27. The van der Waals surface area contributed by atoms with Gasteiger partial charge in [0.05, 0.1) is 25.5 Å². The van der Waals surface area contributed by atoms with E-state index in [0.29, 0.717) is 6.04 Å². The minimum absolute atomic E-state index is 0.289. The third-order valence-electron chi connectivity index (χ3n) is 2.17. The molecule has 0 aliphatic carbocycles. The minimum Gasteiger partial charge on any atom is -0.377 e. The van der Waals surface area contributed by atoms with Crippen molar-refractivity contribution in [3.05, 3.63) is 18.0 Å². The van der Waals surface area contributed by atoms with Gasteiger partial charge in [0.25, 0.3) is 0 Å². The van der Waals surface area contributed by atoms with Gasteiger partial charge in [-0.2, -0.15) is 5.10 Å². The smallest absolute Gasteiger partial charge is 0.0666 e. The monoisotopic (exact) mass is 225 g/mol. The Hall–Kier alpha value is -0.870. The van der Waals surface area contributed by atoms with Crippen LogP contribution in [0.5, 0.6) is 0 Å². The van der Waals surface area contributed by atoms with Gasteiger partial charge in [0.1, 0.15) is 0 Å². The van der Waals surface area contributed by atoms with E-state index in [1.54, 1.807) is 0 Å². The summed E-state index contributed by atoms with van der Waals surface area (Å²) in [5.41, 5.74) is 1.22. The van der Waals surface area contributed by atoms with Crippen LogP contribution in [0.1, 0.15) is 33.3 Å². The van der Waals surface area contributed by atoms with Gasteiger partial charge in [-0.3, -0.25) is 4.68 Å². The number of nitrogens with one attached hydrogen (secondary N) is 1. The van der Waals surface area contributed by atoms with Gasteiger partial charge in [-0.1, -0.05) is 13.8 Å². The highest BCUT2D eigenvalue weighted by atomic mass is 16.5. The zero-order chi connectivity index (χ0) is 12.0. The van der Waals surface area contributed by atoms with Crippen LogP contribution in [0.15, 0.2) is 12.4 Å². The molecule has 0 fully saturated rings. The van der Waals surface area contributed by atoms with Crippen molar-refractivity contribution in [3.63, 3.8) is 0 Å². The molecule has 0 saturated heterocycles. The highest BCUT2D eigenvalue weighted by Crippen LogP contribution is 1.98. The first-order valence-corrected chi connectivity index (χ1v) is 5.94. The van der Waals surface area contributed by atoms with Gasteiger partial charge in [0.2, 0.25) is 0 Å². The molecule has 0 radical (unpaired) electrons. The Morgan fingerprint density at radius 3 is 2.75 bits per heavy atom. The molecule has 4 nitrogen and oxygen atoms in total. The molecule has 92 valence electrons. The van der Waals surface area contributed by atoms with Crippen molar-refractivity contribution in [2.24, 2.45) is 0 Å². The second-order valence-corrected chi connectivity index (χ2v) is 4.57. The molecule has 0 aliphatic rings. The third kappa shape index (κ3) is 5.28. The molecule has 1 heterocycles. The van der Waals surface area contributed by atoms with E-state index in [-0.39, 0.29) is 6.10 Å². The molecule has 0 aromatic carbocycles. The first-order chi connectivity index (χ1) is 7.58. The van der Waals surface area contributed by atoms with E-state index in [1.807, 2.05) is 24.7 Å². The van der Waals surface area contributed by atoms with Crippen LogP contribution in [0.3, 0.4) is 0 Å². The van der Waals surface area contributed by atoms with Crippen LogP contribution in [-0.2, 0) is 17.8 Å². The van der Waals surface area contributed by atoms with Crippen molar-refractivity contribution in [1.82, 2.24) is 15.1 Å². The summed E-state index contributed by atoms with van der Waals surface area (Å²) in [6, 6.07) is 0.507. The summed E-state index contributed by atoms with van der Waals surface area (Å²) in [7, 11) is 0. The molecular formula is C12H23N3O. The second kappa shape index (κ2) is 6.66. The molecule has 0 saturated carbocycles. The highest BCUT2D eigenvalue weighted by Gasteiger charge is 2.00. The quantitative estimate of drug-likeness (QED) is 0.769. The molecule has 0 bridgehead atoms. The summed E-state index contributed by atoms with van der Waals surface area (Å²) >= 11 is 0. The van der Waals surface area contributed by atoms with Crippen LogP contribution in [0.2, 0.25) is 0 Å². The van der Waals surface area contributed by atoms with E-state index < -0.39 is 0 Å². The fraction of sp³-hybridized carbons (Fsp3) is 0.750. The Labute approximate surface area is 98.0 Å². The molecule has 1 aromatic rings. The van der Waals surface area contributed by atoms with E-state index in [2.05, 4.69) is 30.5 Å². The van der Waals surface area contributed by atoms with Gasteiger partial charge in [0, 0.05) is 24.3 Å². The van der Waals surface area contributed by atoms with E-state index >= 15 is 0 Å². The zero-order valence-electron chi connectivity index (χ0n) is 10.7. The van der Waals surface area contributed by atoms with Crippen LogP contribution in [0.25, 0.3) is 0 Å².